The van der Waals surface area contributed by atoms with Crippen LogP contribution >= 0.6 is 0 Å². The Labute approximate surface area is 202 Å². The van der Waals surface area contributed by atoms with Crippen molar-refractivity contribution in [2.75, 3.05) is 19.8 Å². The normalized spacial score (nSPS) is 15.0. The fourth-order valence-corrected chi connectivity index (χ4v) is 4.44. The van der Waals surface area contributed by atoms with Gasteiger partial charge in [-0.05, 0) is 51.5 Å². The van der Waals surface area contributed by atoms with Gasteiger partial charge in [0.25, 0.3) is 0 Å². The van der Waals surface area contributed by atoms with Gasteiger partial charge < -0.3 is 18.9 Å². The van der Waals surface area contributed by atoms with E-state index < -0.39 is 29.6 Å². The van der Waals surface area contributed by atoms with Crippen LogP contribution in [0.3, 0.4) is 0 Å². The Balaban J connectivity index is 2.26. The van der Waals surface area contributed by atoms with Crippen LogP contribution in [0.15, 0.2) is 71.3 Å². The zero-order valence-electron chi connectivity index (χ0n) is 20.2. The van der Waals surface area contributed by atoms with E-state index in [9.17, 15) is 22.8 Å². The van der Waals surface area contributed by atoms with Crippen LogP contribution in [0.1, 0.15) is 44.7 Å². The molecule has 188 valence electrons. The molecule has 1 aliphatic rings. The van der Waals surface area contributed by atoms with Crippen LogP contribution in [-0.4, -0.2) is 41.2 Å². The van der Waals surface area contributed by atoms with Crippen molar-refractivity contribution < 1.29 is 32.2 Å². The van der Waals surface area contributed by atoms with Crippen molar-refractivity contribution in [1.29, 1.82) is 0 Å². The van der Waals surface area contributed by atoms with E-state index in [1.54, 1.807) is 32.6 Å². The number of alkyl halides is 3. The Kier molecular flexibility index (Phi) is 8.09. The monoisotopic (exact) mass is 490 g/mol. The van der Waals surface area contributed by atoms with Crippen molar-refractivity contribution >= 4 is 11.9 Å². The van der Waals surface area contributed by atoms with E-state index in [1.165, 1.54) is 18.2 Å². The highest BCUT2D eigenvalue weighted by Gasteiger charge is 2.44. The van der Waals surface area contributed by atoms with E-state index >= 15 is 0 Å². The van der Waals surface area contributed by atoms with Crippen LogP contribution in [0.25, 0.3) is 0 Å². The summed E-state index contributed by atoms with van der Waals surface area (Å²) < 4.78 is 54.5. The first-order chi connectivity index (χ1) is 16.6. The molecule has 0 saturated carbocycles. The van der Waals surface area contributed by atoms with Crippen molar-refractivity contribution in [2.45, 2.75) is 46.3 Å². The van der Waals surface area contributed by atoms with Gasteiger partial charge in [0.05, 0.1) is 35.8 Å². The number of allylic oxidation sites excluding steroid dienone is 2. The maximum Gasteiger partial charge on any atom is 0.416 e. The Morgan fingerprint density at radius 2 is 1.37 bits per heavy atom. The number of hydrogen-bond donors (Lipinski definition) is 0. The summed E-state index contributed by atoms with van der Waals surface area (Å²) in [4.78, 5) is 28.2. The first-order valence-electron chi connectivity index (χ1n) is 11.4. The highest BCUT2D eigenvalue weighted by atomic mass is 19.4. The number of aromatic nitrogens is 1. The van der Waals surface area contributed by atoms with Crippen molar-refractivity contribution in [3.63, 3.8) is 0 Å². The average molecular weight is 491 g/mol. The fourth-order valence-electron chi connectivity index (χ4n) is 4.44. The molecule has 0 unspecified atom stereocenters. The van der Waals surface area contributed by atoms with Crippen LogP contribution in [0.4, 0.5) is 13.2 Å². The molecule has 0 N–H and O–H groups in total. The molecule has 2 heterocycles. The summed E-state index contributed by atoms with van der Waals surface area (Å²) in [7, 11) is 0. The second-order valence-corrected chi connectivity index (χ2v) is 8.03. The predicted octanol–water partition coefficient (Wildman–Crippen LogP) is 5.28. The molecule has 1 aromatic carbocycles. The van der Waals surface area contributed by atoms with Crippen molar-refractivity contribution in [2.24, 2.45) is 0 Å². The summed E-state index contributed by atoms with van der Waals surface area (Å²) in [5.41, 5.74) is -0.273. The number of nitrogens with zero attached hydrogens (tertiary/aromatic N) is 2. The van der Waals surface area contributed by atoms with Crippen LogP contribution < -0.4 is 0 Å². The largest absolute Gasteiger partial charge is 0.463 e. The second-order valence-electron chi connectivity index (χ2n) is 8.03. The van der Waals surface area contributed by atoms with Gasteiger partial charge in [0.1, 0.15) is 0 Å². The minimum atomic E-state index is -4.69. The van der Waals surface area contributed by atoms with Gasteiger partial charge in [-0.15, -0.1) is 0 Å². The SMILES string of the molecule is CCOC(=O)C1=C(C)N(CCn2cccc2)C(C)=C(C(=O)OCC)C1c1ccccc1C(F)(F)F. The zero-order valence-corrected chi connectivity index (χ0v) is 20.2. The molecule has 1 aromatic heterocycles. The molecule has 6 nitrogen and oxygen atoms in total. The lowest BCUT2D eigenvalue weighted by molar-refractivity contribution is -0.142. The van der Waals surface area contributed by atoms with Crippen molar-refractivity contribution in [3.8, 4) is 0 Å². The first-order valence-corrected chi connectivity index (χ1v) is 11.4. The zero-order chi connectivity index (χ0) is 25.8. The van der Waals surface area contributed by atoms with Crippen LogP contribution in [0.5, 0.6) is 0 Å². The van der Waals surface area contributed by atoms with E-state index in [0.29, 0.717) is 24.5 Å². The van der Waals surface area contributed by atoms with Gasteiger partial charge in [0.2, 0.25) is 0 Å². The predicted molar refractivity (Wildman–Crippen MR) is 124 cm³/mol. The first kappa shape index (κ1) is 26.1. The maximum atomic E-state index is 14.0. The number of carbonyl (C=O) groups is 2. The molecule has 2 aromatic rings. The van der Waals surface area contributed by atoms with Gasteiger partial charge in [-0.1, -0.05) is 18.2 Å². The molecule has 1 aliphatic heterocycles. The lowest BCUT2D eigenvalue weighted by Gasteiger charge is -2.38. The molecule has 9 heteroatoms. The Morgan fingerprint density at radius 1 is 0.857 bits per heavy atom. The lowest BCUT2D eigenvalue weighted by atomic mass is 9.78. The third-order valence-electron chi connectivity index (χ3n) is 5.98. The minimum Gasteiger partial charge on any atom is -0.463 e. The summed E-state index contributed by atoms with van der Waals surface area (Å²) in [6.07, 6.45) is -0.935. The molecule has 0 fully saturated rings. The Hall–Kier alpha value is -3.49. The highest BCUT2D eigenvalue weighted by molar-refractivity contribution is 6.00. The third-order valence-corrected chi connectivity index (χ3v) is 5.98. The number of ether oxygens (including phenoxy) is 2. The number of carbonyl (C=O) groups excluding carboxylic acids is 2. The molecule has 35 heavy (non-hydrogen) atoms. The third kappa shape index (κ3) is 5.44. The van der Waals surface area contributed by atoms with E-state index in [4.69, 9.17) is 9.47 Å². The van der Waals surface area contributed by atoms with Crippen LogP contribution in [-0.2, 0) is 31.8 Å². The molecule has 0 saturated heterocycles. The molecule has 0 bridgehead atoms. The fraction of sp³-hybridized carbons (Fsp3) is 0.385. The number of benzene rings is 1. The van der Waals surface area contributed by atoms with Gasteiger partial charge in [-0.25, -0.2) is 9.59 Å². The summed E-state index contributed by atoms with van der Waals surface area (Å²) in [5, 5.41) is 0. The maximum absolute atomic E-state index is 14.0. The molecule has 0 amide bonds. The number of halogens is 3. The lowest BCUT2D eigenvalue weighted by Crippen LogP contribution is -2.37. The Morgan fingerprint density at radius 3 is 1.86 bits per heavy atom. The van der Waals surface area contributed by atoms with Gasteiger partial charge >= 0.3 is 18.1 Å². The smallest absolute Gasteiger partial charge is 0.416 e. The van der Waals surface area contributed by atoms with Crippen LogP contribution in [0, 0.1) is 0 Å². The van der Waals surface area contributed by atoms with E-state index in [2.05, 4.69) is 0 Å². The van der Waals surface area contributed by atoms with Crippen LogP contribution in [0.2, 0.25) is 0 Å². The molecule has 3 rings (SSSR count). The van der Waals surface area contributed by atoms with Crippen molar-refractivity contribution in [1.82, 2.24) is 9.47 Å². The number of rotatable bonds is 8. The summed E-state index contributed by atoms with van der Waals surface area (Å²) in [5.74, 6) is -2.84. The topological polar surface area (TPSA) is 60.8 Å². The summed E-state index contributed by atoms with van der Waals surface area (Å²) in [6.45, 7) is 7.53. The molecular formula is C26H29F3N2O4. The second kappa shape index (κ2) is 10.8. The minimum absolute atomic E-state index is 0.00953. The molecular weight excluding hydrogens is 461 g/mol. The molecule has 0 atom stereocenters. The summed E-state index contributed by atoms with van der Waals surface area (Å²) >= 11 is 0. The van der Waals surface area contributed by atoms with Gasteiger partial charge in [-0.3, -0.25) is 0 Å². The van der Waals surface area contributed by atoms with Gasteiger partial charge in [0, 0.05) is 36.9 Å². The van der Waals surface area contributed by atoms with E-state index in [-0.39, 0.29) is 29.9 Å². The van der Waals surface area contributed by atoms with Gasteiger partial charge in [0.15, 0.2) is 0 Å². The average Bonchev–Trinajstić information content (AvgIpc) is 3.32. The Bertz CT molecular complexity index is 1090. The standard InChI is InChI=1S/C26H29F3N2O4/c1-5-34-24(32)21-17(3)31(16-15-30-13-9-10-14-30)18(4)22(25(33)35-6-2)23(21)19-11-7-8-12-20(19)26(27,28)29/h7-14,23H,5-6,15-16H2,1-4H3. The summed E-state index contributed by atoms with van der Waals surface area (Å²) in [6, 6.07) is 8.73. The van der Waals surface area contributed by atoms with E-state index in [0.717, 1.165) is 6.07 Å². The molecule has 0 spiro atoms. The highest BCUT2D eigenvalue weighted by Crippen LogP contribution is 2.46. The number of hydrogen-bond acceptors (Lipinski definition) is 5. The van der Waals surface area contributed by atoms with Crippen molar-refractivity contribution in [3.05, 3.63) is 82.5 Å². The molecule has 0 aliphatic carbocycles. The number of esters is 2. The van der Waals surface area contributed by atoms with Gasteiger partial charge in [-0.2, -0.15) is 13.2 Å². The quantitative estimate of drug-likeness (QED) is 0.471. The van der Waals surface area contributed by atoms with E-state index in [1.807, 2.05) is 29.1 Å². The molecule has 0 radical (unpaired) electrons.